The SMILES string of the molecule is CCCCC/C=C\C/C=C\CCCCCCCCCCOCC(COC1OC(COC2OC(CO)C(O)C(O)C2O)C(O)C(O)C1O)OC(=O)CCCCCCCCCC. The summed E-state index contributed by atoms with van der Waals surface area (Å²) in [7, 11) is 0. The minimum absolute atomic E-state index is 0.0600. The van der Waals surface area contributed by atoms with Gasteiger partial charge in [-0.1, -0.05) is 134 Å². The van der Waals surface area contributed by atoms with E-state index < -0.39 is 80.7 Å². The van der Waals surface area contributed by atoms with Gasteiger partial charge in [0.05, 0.1) is 26.4 Å². The van der Waals surface area contributed by atoms with E-state index in [4.69, 9.17) is 28.4 Å². The number of hydrogen-bond acceptors (Lipinski definition) is 14. The van der Waals surface area contributed by atoms with Crippen LogP contribution in [0.4, 0.5) is 0 Å². The van der Waals surface area contributed by atoms with Gasteiger partial charge in [-0.25, -0.2) is 0 Å². The van der Waals surface area contributed by atoms with Crippen LogP contribution < -0.4 is 0 Å². The molecule has 14 heteroatoms. The third-order valence-corrected chi connectivity index (χ3v) is 11.2. The fourth-order valence-corrected chi connectivity index (χ4v) is 7.31. The van der Waals surface area contributed by atoms with Crippen LogP contribution >= 0.6 is 0 Å². The zero-order valence-corrected chi connectivity index (χ0v) is 36.9. The molecule has 2 saturated heterocycles. The van der Waals surface area contributed by atoms with E-state index in [-0.39, 0.29) is 25.6 Å². The Hall–Kier alpha value is -1.53. The van der Waals surface area contributed by atoms with Crippen molar-refractivity contribution < 1.29 is 69.0 Å². The van der Waals surface area contributed by atoms with E-state index in [0.29, 0.717) is 13.0 Å². The molecule has 0 aromatic heterocycles. The number of ether oxygens (including phenoxy) is 6. The van der Waals surface area contributed by atoms with Crippen LogP contribution in [0.2, 0.25) is 0 Å². The molecule has 2 rings (SSSR count). The Balaban J connectivity index is 1.76. The Morgan fingerprint density at radius 1 is 0.550 bits per heavy atom. The second kappa shape index (κ2) is 34.9. The van der Waals surface area contributed by atoms with Gasteiger partial charge >= 0.3 is 5.97 Å². The summed E-state index contributed by atoms with van der Waals surface area (Å²) in [5.74, 6) is -0.383. The van der Waals surface area contributed by atoms with Crippen LogP contribution in [-0.4, -0.2) is 142 Å². The summed E-state index contributed by atoms with van der Waals surface area (Å²) in [5, 5.41) is 71.8. The highest BCUT2D eigenvalue weighted by Crippen LogP contribution is 2.26. The third kappa shape index (κ3) is 23.2. The summed E-state index contributed by atoms with van der Waals surface area (Å²) in [6.07, 6.45) is 18.3. The van der Waals surface area contributed by atoms with E-state index in [9.17, 15) is 40.5 Å². The lowest BCUT2D eigenvalue weighted by molar-refractivity contribution is -0.332. The number of carbonyl (C=O) groups is 1. The van der Waals surface area contributed by atoms with Gasteiger partial charge in [0.15, 0.2) is 12.6 Å². The average molecular weight is 861 g/mol. The van der Waals surface area contributed by atoms with E-state index in [1.165, 1.54) is 83.5 Å². The molecule has 0 aromatic rings. The fraction of sp³-hybridized carbons (Fsp3) is 0.891. The van der Waals surface area contributed by atoms with Gasteiger partial charge in [-0.15, -0.1) is 0 Å². The van der Waals surface area contributed by atoms with Gasteiger partial charge in [0, 0.05) is 13.0 Å². The molecule has 0 bridgehead atoms. The number of hydrogen-bond donors (Lipinski definition) is 7. The minimum atomic E-state index is -1.70. The molecule has 60 heavy (non-hydrogen) atoms. The number of aliphatic hydroxyl groups is 7. The van der Waals surface area contributed by atoms with Gasteiger partial charge < -0.3 is 64.2 Å². The largest absolute Gasteiger partial charge is 0.457 e. The molecule has 2 heterocycles. The Labute approximate surface area is 360 Å². The average Bonchev–Trinajstić information content (AvgIpc) is 3.24. The Kier molecular flexibility index (Phi) is 31.8. The minimum Gasteiger partial charge on any atom is -0.457 e. The van der Waals surface area contributed by atoms with Crippen molar-refractivity contribution in [3.8, 4) is 0 Å². The van der Waals surface area contributed by atoms with E-state index in [2.05, 4.69) is 38.2 Å². The Morgan fingerprint density at radius 3 is 1.63 bits per heavy atom. The molecule has 0 radical (unpaired) electrons. The maximum atomic E-state index is 12.9. The summed E-state index contributed by atoms with van der Waals surface area (Å²) in [4.78, 5) is 12.9. The lowest BCUT2D eigenvalue weighted by atomic mass is 9.98. The summed E-state index contributed by atoms with van der Waals surface area (Å²) in [5.41, 5.74) is 0. The quantitative estimate of drug-likeness (QED) is 0.0230. The fourth-order valence-electron chi connectivity index (χ4n) is 7.31. The molecule has 2 aliphatic heterocycles. The van der Waals surface area contributed by atoms with Crippen LogP contribution in [0.1, 0.15) is 162 Å². The molecule has 14 nitrogen and oxygen atoms in total. The monoisotopic (exact) mass is 861 g/mol. The summed E-state index contributed by atoms with van der Waals surface area (Å²) in [6, 6.07) is 0. The van der Waals surface area contributed by atoms with Crippen molar-refractivity contribution in [2.45, 2.75) is 229 Å². The lowest BCUT2D eigenvalue weighted by Gasteiger charge is -2.42. The van der Waals surface area contributed by atoms with Gasteiger partial charge in [0.1, 0.15) is 54.9 Å². The summed E-state index contributed by atoms with van der Waals surface area (Å²) < 4.78 is 34.1. The van der Waals surface area contributed by atoms with Crippen LogP contribution in [0.5, 0.6) is 0 Å². The predicted octanol–water partition coefficient (Wildman–Crippen LogP) is 5.68. The topological polar surface area (TPSA) is 214 Å². The van der Waals surface area contributed by atoms with Gasteiger partial charge in [0.2, 0.25) is 0 Å². The first-order valence-corrected chi connectivity index (χ1v) is 23.4. The molecule has 11 atom stereocenters. The number of esters is 1. The van der Waals surface area contributed by atoms with Crippen molar-refractivity contribution in [2.24, 2.45) is 0 Å². The molecule has 0 saturated carbocycles. The smallest absolute Gasteiger partial charge is 0.306 e. The van der Waals surface area contributed by atoms with Crippen LogP contribution in [-0.2, 0) is 33.2 Å². The Morgan fingerprint density at radius 2 is 1.03 bits per heavy atom. The van der Waals surface area contributed by atoms with Crippen molar-refractivity contribution in [3.05, 3.63) is 24.3 Å². The van der Waals surface area contributed by atoms with E-state index in [0.717, 1.165) is 51.4 Å². The van der Waals surface area contributed by atoms with Crippen LogP contribution in [0.25, 0.3) is 0 Å². The highest BCUT2D eigenvalue weighted by molar-refractivity contribution is 5.69. The van der Waals surface area contributed by atoms with Gasteiger partial charge in [-0.05, 0) is 44.9 Å². The maximum Gasteiger partial charge on any atom is 0.306 e. The van der Waals surface area contributed by atoms with Gasteiger partial charge in [0.25, 0.3) is 0 Å². The standard InChI is InChI=1S/C46H84O14/c1-3-5-7-9-11-13-14-15-16-17-18-19-20-21-22-24-26-28-30-55-32-35(58-38(48)29-27-25-23-12-10-8-6-4-2)33-56-45-44(54)42(52)40(50)37(60-45)34-57-46-43(53)41(51)39(49)36(31-47)59-46/h11,13,15-16,35-37,39-47,49-54H,3-10,12,14,17-34H2,1-2H3/b13-11-,16-15-. The van der Waals surface area contributed by atoms with Gasteiger partial charge in [-0.3, -0.25) is 4.79 Å². The second-order valence-corrected chi connectivity index (χ2v) is 16.6. The van der Waals surface area contributed by atoms with Crippen LogP contribution in [0, 0.1) is 0 Å². The number of allylic oxidation sites excluding steroid dienone is 4. The number of rotatable bonds is 36. The molecule has 2 fully saturated rings. The lowest BCUT2D eigenvalue weighted by Crippen LogP contribution is -2.61. The highest BCUT2D eigenvalue weighted by atomic mass is 16.7. The second-order valence-electron chi connectivity index (χ2n) is 16.6. The highest BCUT2D eigenvalue weighted by Gasteiger charge is 2.47. The summed E-state index contributed by atoms with van der Waals surface area (Å²) >= 11 is 0. The molecule has 2 aliphatic rings. The molecule has 0 aliphatic carbocycles. The van der Waals surface area contributed by atoms with Crippen LogP contribution in [0.3, 0.4) is 0 Å². The van der Waals surface area contributed by atoms with Crippen molar-refractivity contribution in [1.82, 2.24) is 0 Å². The predicted molar refractivity (Wildman–Crippen MR) is 229 cm³/mol. The molecule has 0 amide bonds. The van der Waals surface area contributed by atoms with Crippen molar-refractivity contribution in [2.75, 3.05) is 33.0 Å². The molecular formula is C46H84O14. The molecule has 0 aromatic carbocycles. The molecule has 11 unspecified atom stereocenters. The molecule has 352 valence electrons. The number of aliphatic hydroxyl groups excluding tert-OH is 7. The van der Waals surface area contributed by atoms with Crippen molar-refractivity contribution in [1.29, 1.82) is 0 Å². The van der Waals surface area contributed by atoms with Gasteiger partial charge in [-0.2, -0.15) is 0 Å². The van der Waals surface area contributed by atoms with E-state index in [1.807, 2.05) is 0 Å². The zero-order chi connectivity index (χ0) is 43.8. The maximum absolute atomic E-state index is 12.9. The number of unbranched alkanes of at least 4 members (excludes halogenated alkanes) is 18. The first kappa shape index (κ1) is 54.6. The number of carbonyl (C=O) groups excluding carboxylic acids is 1. The summed E-state index contributed by atoms with van der Waals surface area (Å²) in [6.45, 7) is 3.61. The van der Waals surface area contributed by atoms with E-state index >= 15 is 0 Å². The third-order valence-electron chi connectivity index (χ3n) is 11.2. The normalized spacial score (nSPS) is 27.9. The van der Waals surface area contributed by atoms with Crippen LogP contribution in [0.15, 0.2) is 24.3 Å². The van der Waals surface area contributed by atoms with E-state index in [1.54, 1.807) is 0 Å². The molecule has 0 spiro atoms. The zero-order valence-electron chi connectivity index (χ0n) is 36.9. The first-order chi connectivity index (χ1) is 29.1. The molecular weight excluding hydrogens is 776 g/mol. The Bertz CT molecular complexity index is 1090. The first-order valence-electron chi connectivity index (χ1n) is 23.4. The van der Waals surface area contributed by atoms with Crippen molar-refractivity contribution >= 4 is 5.97 Å². The van der Waals surface area contributed by atoms with Crippen molar-refractivity contribution in [3.63, 3.8) is 0 Å². The molecule has 7 N–H and O–H groups in total.